The number of aromatic nitrogens is 1. The van der Waals surface area contributed by atoms with Crippen molar-refractivity contribution in [3.05, 3.63) is 64.0 Å². The lowest BCUT2D eigenvalue weighted by molar-refractivity contribution is 0.0956. The molecule has 0 fully saturated rings. The number of thiazole rings is 1. The van der Waals surface area contributed by atoms with Crippen molar-refractivity contribution in [2.75, 3.05) is 6.54 Å². The van der Waals surface area contributed by atoms with Gasteiger partial charge in [0.1, 0.15) is 15.6 Å². The highest BCUT2D eigenvalue weighted by molar-refractivity contribution is 7.17. The fourth-order valence-corrected chi connectivity index (χ4v) is 3.66. The minimum atomic E-state index is -0.0947. The summed E-state index contributed by atoms with van der Waals surface area (Å²) in [7, 11) is 0. The summed E-state index contributed by atoms with van der Waals surface area (Å²) in [5.74, 6) is 0.835. The molecule has 1 amide bonds. The van der Waals surface area contributed by atoms with Gasteiger partial charge in [0.2, 0.25) is 0 Å². The van der Waals surface area contributed by atoms with Crippen LogP contribution in [0.25, 0.3) is 10.6 Å². The van der Waals surface area contributed by atoms with Crippen LogP contribution in [-0.4, -0.2) is 17.4 Å². The first-order chi connectivity index (χ1) is 11.6. The number of nitrogens with one attached hydrogen (secondary N) is 1. The molecule has 1 N–H and O–H groups in total. The largest absolute Gasteiger partial charge is 0.469 e. The van der Waals surface area contributed by atoms with E-state index in [9.17, 15) is 4.79 Å². The fourth-order valence-electron chi connectivity index (χ4n) is 2.36. The Kier molecular flexibility index (Phi) is 5.33. The smallest absolute Gasteiger partial charge is 0.263 e. The molecule has 3 rings (SSSR count). The number of carbonyl (C=O) groups excluding carboxylic acids is 1. The van der Waals surface area contributed by atoms with E-state index >= 15 is 0 Å². The number of furan rings is 1. The minimum absolute atomic E-state index is 0.0947. The van der Waals surface area contributed by atoms with Gasteiger partial charge in [0.05, 0.1) is 17.0 Å². The van der Waals surface area contributed by atoms with Crippen molar-refractivity contribution in [1.82, 2.24) is 10.3 Å². The van der Waals surface area contributed by atoms with Crippen molar-refractivity contribution in [3.8, 4) is 10.6 Å². The van der Waals surface area contributed by atoms with Crippen molar-refractivity contribution >= 4 is 28.8 Å². The van der Waals surface area contributed by atoms with Crippen LogP contribution >= 0.6 is 22.9 Å². The summed E-state index contributed by atoms with van der Waals surface area (Å²) in [6, 6.07) is 11.3. The van der Waals surface area contributed by atoms with Gasteiger partial charge in [-0.3, -0.25) is 4.79 Å². The van der Waals surface area contributed by atoms with Crippen LogP contribution < -0.4 is 5.32 Å². The van der Waals surface area contributed by atoms with Crippen molar-refractivity contribution in [2.24, 2.45) is 0 Å². The first-order valence-electron chi connectivity index (χ1n) is 7.68. The molecule has 0 saturated heterocycles. The van der Waals surface area contributed by atoms with Crippen molar-refractivity contribution in [2.45, 2.75) is 19.8 Å². The average Bonchev–Trinajstić information content (AvgIpc) is 3.21. The number of nitrogens with zero attached hydrogens (tertiary/aromatic N) is 1. The summed E-state index contributed by atoms with van der Waals surface area (Å²) < 4.78 is 5.27. The molecule has 3 aromatic rings. The van der Waals surface area contributed by atoms with Gasteiger partial charge in [0.25, 0.3) is 5.91 Å². The first-order valence-corrected chi connectivity index (χ1v) is 8.87. The van der Waals surface area contributed by atoms with Gasteiger partial charge in [-0.25, -0.2) is 4.98 Å². The Bertz CT molecular complexity index is 827. The van der Waals surface area contributed by atoms with Gasteiger partial charge in [-0.1, -0.05) is 29.8 Å². The van der Waals surface area contributed by atoms with Crippen LogP contribution in [0, 0.1) is 6.92 Å². The molecular weight excluding hydrogens is 344 g/mol. The molecule has 2 aromatic heterocycles. The molecule has 0 atom stereocenters. The molecule has 2 heterocycles. The molecule has 0 aliphatic rings. The highest BCUT2D eigenvalue weighted by Crippen LogP contribution is 2.32. The molecule has 1 aromatic carbocycles. The number of carbonyl (C=O) groups is 1. The van der Waals surface area contributed by atoms with Crippen LogP contribution in [0.4, 0.5) is 0 Å². The Labute approximate surface area is 149 Å². The number of benzene rings is 1. The average molecular weight is 361 g/mol. The molecule has 0 radical (unpaired) electrons. The van der Waals surface area contributed by atoms with Crippen LogP contribution in [0.2, 0.25) is 5.02 Å². The number of hydrogen-bond donors (Lipinski definition) is 1. The summed E-state index contributed by atoms with van der Waals surface area (Å²) in [4.78, 5) is 17.5. The Morgan fingerprint density at radius 3 is 2.88 bits per heavy atom. The zero-order valence-corrected chi connectivity index (χ0v) is 14.8. The third-order valence-electron chi connectivity index (χ3n) is 3.57. The molecule has 24 heavy (non-hydrogen) atoms. The summed E-state index contributed by atoms with van der Waals surface area (Å²) in [6.07, 6.45) is 3.29. The number of halogens is 1. The van der Waals surface area contributed by atoms with Crippen LogP contribution in [-0.2, 0) is 6.42 Å². The molecule has 6 heteroatoms. The highest BCUT2D eigenvalue weighted by Gasteiger charge is 2.17. The van der Waals surface area contributed by atoms with E-state index in [4.69, 9.17) is 16.0 Å². The van der Waals surface area contributed by atoms with Crippen LogP contribution in [0.1, 0.15) is 27.5 Å². The normalized spacial score (nSPS) is 10.8. The summed E-state index contributed by atoms with van der Waals surface area (Å²) >= 11 is 7.57. The lowest BCUT2D eigenvalue weighted by Crippen LogP contribution is -2.24. The molecular formula is C18H17ClN2O2S. The Balaban J connectivity index is 1.62. The van der Waals surface area contributed by atoms with E-state index < -0.39 is 0 Å². The van der Waals surface area contributed by atoms with Crippen molar-refractivity contribution in [3.63, 3.8) is 0 Å². The summed E-state index contributed by atoms with van der Waals surface area (Å²) in [5, 5.41) is 4.34. The van der Waals surface area contributed by atoms with Gasteiger partial charge in [-0.15, -0.1) is 11.3 Å². The lowest BCUT2D eigenvalue weighted by atomic mass is 10.2. The maximum atomic E-state index is 12.4. The van der Waals surface area contributed by atoms with E-state index in [1.54, 1.807) is 6.26 Å². The van der Waals surface area contributed by atoms with E-state index in [0.29, 0.717) is 16.4 Å². The second-order valence-corrected chi connectivity index (χ2v) is 6.76. The molecule has 0 saturated carbocycles. The minimum Gasteiger partial charge on any atom is -0.469 e. The molecule has 0 unspecified atom stereocenters. The predicted molar refractivity (Wildman–Crippen MR) is 96.7 cm³/mol. The zero-order chi connectivity index (χ0) is 16.9. The molecule has 4 nitrogen and oxygen atoms in total. The number of aryl methyl sites for hydroxylation is 2. The van der Waals surface area contributed by atoms with Crippen molar-refractivity contribution < 1.29 is 9.21 Å². The van der Waals surface area contributed by atoms with Gasteiger partial charge >= 0.3 is 0 Å². The van der Waals surface area contributed by atoms with Gasteiger partial charge in [0, 0.05) is 18.5 Å². The SMILES string of the molecule is Cc1nc(-c2ccccc2Cl)sc1C(=O)NCCCc1ccco1. The summed E-state index contributed by atoms with van der Waals surface area (Å²) in [6.45, 7) is 2.44. The molecule has 0 aliphatic heterocycles. The van der Waals surface area contributed by atoms with E-state index in [0.717, 1.165) is 34.9 Å². The second-order valence-electron chi connectivity index (χ2n) is 5.35. The van der Waals surface area contributed by atoms with E-state index in [1.807, 2.05) is 43.3 Å². The predicted octanol–water partition coefficient (Wildman–Crippen LogP) is 4.73. The van der Waals surface area contributed by atoms with Gasteiger partial charge in [-0.05, 0) is 31.5 Å². The van der Waals surface area contributed by atoms with Crippen LogP contribution in [0.15, 0.2) is 47.1 Å². The second kappa shape index (κ2) is 7.64. The standard InChI is InChI=1S/C18H17ClN2O2S/c1-12-16(17(22)20-10-4-6-13-7-5-11-23-13)24-18(21-12)14-8-2-3-9-15(14)19/h2-3,5,7-9,11H,4,6,10H2,1H3,(H,20,22). The third-order valence-corrected chi connectivity index (χ3v) is 5.09. The zero-order valence-electron chi connectivity index (χ0n) is 13.2. The van der Waals surface area contributed by atoms with Crippen molar-refractivity contribution in [1.29, 1.82) is 0 Å². The molecule has 124 valence electrons. The van der Waals surface area contributed by atoms with E-state index in [2.05, 4.69) is 10.3 Å². The molecule has 0 bridgehead atoms. The third kappa shape index (κ3) is 3.86. The Morgan fingerprint density at radius 1 is 1.29 bits per heavy atom. The molecule has 0 aliphatic carbocycles. The Morgan fingerprint density at radius 2 is 2.12 bits per heavy atom. The molecule has 0 spiro atoms. The lowest BCUT2D eigenvalue weighted by Gasteiger charge is -2.03. The maximum Gasteiger partial charge on any atom is 0.263 e. The van der Waals surface area contributed by atoms with Gasteiger partial charge < -0.3 is 9.73 Å². The van der Waals surface area contributed by atoms with E-state index in [1.165, 1.54) is 11.3 Å². The first kappa shape index (κ1) is 16.7. The monoisotopic (exact) mass is 360 g/mol. The summed E-state index contributed by atoms with van der Waals surface area (Å²) in [5.41, 5.74) is 1.57. The van der Waals surface area contributed by atoms with Crippen LogP contribution in [0.3, 0.4) is 0 Å². The highest BCUT2D eigenvalue weighted by atomic mass is 35.5. The number of hydrogen-bond acceptors (Lipinski definition) is 4. The number of rotatable bonds is 6. The van der Waals surface area contributed by atoms with Crippen LogP contribution in [0.5, 0.6) is 0 Å². The van der Waals surface area contributed by atoms with Gasteiger partial charge in [-0.2, -0.15) is 0 Å². The number of amides is 1. The quantitative estimate of drug-likeness (QED) is 0.646. The maximum absolute atomic E-state index is 12.4. The van der Waals surface area contributed by atoms with E-state index in [-0.39, 0.29) is 5.91 Å². The van der Waals surface area contributed by atoms with Gasteiger partial charge in [0.15, 0.2) is 0 Å². The fraction of sp³-hybridized carbons (Fsp3) is 0.222. The topological polar surface area (TPSA) is 55.1 Å². The Hall–Kier alpha value is -2.11.